The summed E-state index contributed by atoms with van der Waals surface area (Å²) in [6.07, 6.45) is 1.61. The van der Waals surface area contributed by atoms with Crippen LogP contribution in [0.1, 0.15) is 21.5 Å². The first-order valence-electron chi connectivity index (χ1n) is 8.89. The van der Waals surface area contributed by atoms with Crippen molar-refractivity contribution < 1.29 is 14.3 Å². The average Bonchev–Trinajstić information content (AvgIpc) is 2.73. The molecule has 0 spiro atoms. The summed E-state index contributed by atoms with van der Waals surface area (Å²) < 4.78 is 10.6. The third kappa shape index (κ3) is 4.40. The van der Waals surface area contributed by atoms with Gasteiger partial charge >= 0.3 is 0 Å². The minimum absolute atomic E-state index is 0.322. The van der Waals surface area contributed by atoms with Gasteiger partial charge in [-0.25, -0.2) is 4.98 Å². The lowest BCUT2D eigenvalue weighted by Crippen LogP contribution is -2.15. The Balaban J connectivity index is 1.68. The van der Waals surface area contributed by atoms with E-state index in [4.69, 9.17) is 9.47 Å². The van der Waals surface area contributed by atoms with Gasteiger partial charge in [-0.1, -0.05) is 30.3 Å². The lowest BCUT2D eigenvalue weighted by molar-refractivity contribution is 0.102. The molecule has 1 aromatic heterocycles. The molecule has 3 rings (SSSR count). The van der Waals surface area contributed by atoms with E-state index in [2.05, 4.69) is 34.7 Å². The highest BCUT2D eigenvalue weighted by atomic mass is 16.5. The van der Waals surface area contributed by atoms with Gasteiger partial charge < -0.3 is 20.1 Å². The first kappa shape index (κ1) is 19.2. The Morgan fingerprint density at radius 1 is 0.964 bits per heavy atom. The highest BCUT2D eigenvalue weighted by Crippen LogP contribution is 2.29. The number of amides is 1. The van der Waals surface area contributed by atoms with Crippen LogP contribution in [0.15, 0.2) is 60.8 Å². The van der Waals surface area contributed by atoms with Gasteiger partial charge in [-0.3, -0.25) is 4.79 Å². The van der Waals surface area contributed by atoms with Crippen molar-refractivity contribution in [2.45, 2.75) is 13.5 Å². The van der Waals surface area contributed by atoms with Crippen LogP contribution < -0.4 is 20.1 Å². The van der Waals surface area contributed by atoms with Gasteiger partial charge in [-0.15, -0.1) is 0 Å². The van der Waals surface area contributed by atoms with Crippen LogP contribution in [-0.4, -0.2) is 25.1 Å². The third-order valence-corrected chi connectivity index (χ3v) is 4.40. The minimum atomic E-state index is -0.322. The van der Waals surface area contributed by atoms with Crippen LogP contribution in [0.25, 0.3) is 0 Å². The van der Waals surface area contributed by atoms with Crippen molar-refractivity contribution in [3.63, 3.8) is 0 Å². The molecule has 0 fully saturated rings. The molecule has 2 aromatic carbocycles. The number of aromatic nitrogens is 1. The number of hydrogen-bond acceptors (Lipinski definition) is 5. The van der Waals surface area contributed by atoms with Crippen molar-refractivity contribution in [2.75, 3.05) is 24.9 Å². The Bertz CT molecular complexity index is 933. The fraction of sp³-hybridized carbons (Fsp3) is 0.182. The molecule has 0 aliphatic carbocycles. The van der Waals surface area contributed by atoms with Gasteiger partial charge in [-0.2, -0.15) is 0 Å². The largest absolute Gasteiger partial charge is 0.496 e. The number of methoxy groups -OCH3 is 2. The molecule has 2 N–H and O–H groups in total. The van der Waals surface area contributed by atoms with Crippen molar-refractivity contribution in [1.82, 2.24) is 4.98 Å². The van der Waals surface area contributed by atoms with Crippen molar-refractivity contribution in [3.05, 3.63) is 77.5 Å². The van der Waals surface area contributed by atoms with Gasteiger partial charge in [-0.05, 0) is 42.3 Å². The Morgan fingerprint density at radius 3 is 2.29 bits per heavy atom. The maximum absolute atomic E-state index is 12.7. The zero-order valence-electron chi connectivity index (χ0n) is 16.2. The lowest BCUT2D eigenvalue weighted by atomic mass is 10.1. The Labute approximate surface area is 164 Å². The summed E-state index contributed by atoms with van der Waals surface area (Å²) in [5.74, 6) is 1.30. The highest BCUT2D eigenvalue weighted by molar-refractivity contribution is 6.08. The molecule has 3 aromatic rings. The van der Waals surface area contributed by atoms with E-state index in [-0.39, 0.29) is 5.91 Å². The Morgan fingerprint density at radius 2 is 1.68 bits per heavy atom. The van der Waals surface area contributed by atoms with Crippen LogP contribution in [0.4, 0.5) is 11.5 Å². The van der Waals surface area contributed by atoms with Crippen LogP contribution in [0, 0.1) is 6.92 Å². The summed E-state index contributed by atoms with van der Waals surface area (Å²) in [6, 6.07) is 17.0. The first-order valence-corrected chi connectivity index (χ1v) is 8.89. The predicted molar refractivity (Wildman–Crippen MR) is 110 cm³/mol. The summed E-state index contributed by atoms with van der Waals surface area (Å²) in [5.41, 5.74) is 3.36. The SMILES string of the molecule is COc1cccc(OC)c1C(=O)Nc1ccc(NCc2ccccc2C)nc1. The van der Waals surface area contributed by atoms with E-state index >= 15 is 0 Å². The van der Waals surface area contributed by atoms with E-state index in [1.165, 1.54) is 25.3 Å². The minimum Gasteiger partial charge on any atom is -0.496 e. The molecule has 144 valence electrons. The fourth-order valence-electron chi connectivity index (χ4n) is 2.84. The molecule has 0 saturated carbocycles. The number of anilines is 2. The van der Waals surface area contributed by atoms with Crippen LogP contribution in [0.5, 0.6) is 11.5 Å². The molecule has 0 bridgehead atoms. The van der Waals surface area contributed by atoms with E-state index in [1.54, 1.807) is 30.5 Å². The molecule has 0 saturated heterocycles. The zero-order chi connectivity index (χ0) is 19.9. The molecule has 1 heterocycles. The summed E-state index contributed by atoms with van der Waals surface area (Å²) in [6.45, 7) is 2.76. The average molecular weight is 377 g/mol. The monoisotopic (exact) mass is 377 g/mol. The number of benzene rings is 2. The number of nitrogens with zero attached hydrogens (tertiary/aromatic N) is 1. The molecule has 0 aliphatic rings. The number of hydrogen-bond donors (Lipinski definition) is 2. The van der Waals surface area contributed by atoms with Crippen molar-refractivity contribution in [1.29, 1.82) is 0 Å². The highest BCUT2D eigenvalue weighted by Gasteiger charge is 2.18. The molecule has 0 radical (unpaired) electrons. The van der Waals surface area contributed by atoms with E-state index in [1.807, 2.05) is 18.2 Å². The number of aryl methyl sites for hydroxylation is 1. The zero-order valence-corrected chi connectivity index (χ0v) is 16.2. The van der Waals surface area contributed by atoms with Crippen LogP contribution >= 0.6 is 0 Å². The van der Waals surface area contributed by atoms with Crippen molar-refractivity contribution in [2.24, 2.45) is 0 Å². The maximum Gasteiger partial charge on any atom is 0.263 e. The second kappa shape index (κ2) is 8.90. The number of pyridine rings is 1. The van der Waals surface area contributed by atoms with Gasteiger partial charge in [0.2, 0.25) is 0 Å². The molecule has 1 amide bonds. The second-order valence-corrected chi connectivity index (χ2v) is 6.20. The maximum atomic E-state index is 12.7. The van der Waals surface area contributed by atoms with E-state index in [0.29, 0.717) is 29.3 Å². The first-order chi connectivity index (χ1) is 13.6. The summed E-state index contributed by atoms with van der Waals surface area (Å²) >= 11 is 0. The molecule has 6 nitrogen and oxygen atoms in total. The quantitative estimate of drug-likeness (QED) is 0.643. The number of carbonyl (C=O) groups excluding carboxylic acids is 1. The Kier molecular flexibility index (Phi) is 6.11. The van der Waals surface area contributed by atoms with Gasteiger partial charge in [0.1, 0.15) is 22.9 Å². The van der Waals surface area contributed by atoms with E-state index in [0.717, 1.165) is 5.82 Å². The number of carbonyl (C=O) groups is 1. The predicted octanol–water partition coefficient (Wildman–Crippen LogP) is 4.27. The van der Waals surface area contributed by atoms with E-state index in [9.17, 15) is 4.79 Å². The molecular weight excluding hydrogens is 354 g/mol. The van der Waals surface area contributed by atoms with Gasteiger partial charge in [0.05, 0.1) is 26.1 Å². The number of nitrogens with one attached hydrogen (secondary N) is 2. The van der Waals surface area contributed by atoms with Crippen molar-refractivity contribution >= 4 is 17.4 Å². The Hall–Kier alpha value is -3.54. The standard InChI is InChI=1S/C22H23N3O3/c1-15-7-4-5-8-16(15)13-23-20-12-11-17(14-24-20)25-22(26)21-18(27-2)9-6-10-19(21)28-3/h4-12,14H,13H2,1-3H3,(H,23,24)(H,25,26). The number of rotatable bonds is 7. The summed E-state index contributed by atoms with van der Waals surface area (Å²) in [7, 11) is 3.03. The fourth-order valence-corrected chi connectivity index (χ4v) is 2.84. The second-order valence-electron chi connectivity index (χ2n) is 6.20. The van der Waals surface area contributed by atoms with Crippen molar-refractivity contribution in [3.8, 4) is 11.5 Å². The van der Waals surface area contributed by atoms with Crippen LogP contribution in [0.3, 0.4) is 0 Å². The molecule has 0 aliphatic heterocycles. The van der Waals surface area contributed by atoms with Gasteiger partial charge in [0.25, 0.3) is 5.91 Å². The smallest absolute Gasteiger partial charge is 0.263 e. The molecule has 0 unspecified atom stereocenters. The lowest BCUT2D eigenvalue weighted by Gasteiger charge is -2.13. The normalized spacial score (nSPS) is 10.2. The summed E-state index contributed by atoms with van der Waals surface area (Å²) in [5, 5.41) is 6.12. The van der Waals surface area contributed by atoms with Gasteiger partial charge in [0, 0.05) is 6.54 Å². The van der Waals surface area contributed by atoms with Gasteiger partial charge in [0.15, 0.2) is 0 Å². The summed E-state index contributed by atoms with van der Waals surface area (Å²) in [4.78, 5) is 17.1. The molecule has 28 heavy (non-hydrogen) atoms. The molecule has 6 heteroatoms. The van der Waals surface area contributed by atoms with E-state index < -0.39 is 0 Å². The van der Waals surface area contributed by atoms with Crippen LogP contribution in [0.2, 0.25) is 0 Å². The molecular formula is C22H23N3O3. The number of ether oxygens (including phenoxy) is 2. The van der Waals surface area contributed by atoms with Crippen LogP contribution in [-0.2, 0) is 6.54 Å². The molecule has 0 atom stereocenters. The topological polar surface area (TPSA) is 72.5 Å². The third-order valence-electron chi connectivity index (χ3n) is 4.40.